The highest BCUT2D eigenvalue weighted by Crippen LogP contribution is 2.33. The highest BCUT2D eigenvalue weighted by Gasteiger charge is 2.30. The minimum absolute atomic E-state index is 0.0256. The summed E-state index contributed by atoms with van der Waals surface area (Å²) in [6.45, 7) is 11.7. The van der Waals surface area contributed by atoms with Gasteiger partial charge in [-0.05, 0) is 23.7 Å². The van der Waals surface area contributed by atoms with E-state index < -0.39 is 0 Å². The van der Waals surface area contributed by atoms with Gasteiger partial charge in [-0.3, -0.25) is 4.79 Å². The summed E-state index contributed by atoms with van der Waals surface area (Å²) < 4.78 is 0. The molecule has 1 amide bonds. The molecule has 0 saturated carbocycles. The van der Waals surface area contributed by atoms with Crippen LogP contribution in [0.1, 0.15) is 86.0 Å². The fraction of sp³-hybridized carbons (Fsp3) is 0.947. The Kier molecular flexibility index (Phi) is 9.99. The maximum Gasteiger partial charge on any atom is 0.222 e. The van der Waals surface area contributed by atoms with Gasteiger partial charge in [0.1, 0.15) is 0 Å². The summed E-state index contributed by atoms with van der Waals surface area (Å²) in [5.41, 5.74) is -0.0650. The van der Waals surface area contributed by atoms with Gasteiger partial charge in [0.25, 0.3) is 0 Å². The largest absolute Gasteiger partial charge is 0.396 e. The predicted octanol–water partition coefficient (Wildman–Crippen LogP) is 4.63. The first-order chi connectivity index (χ1) is 10.1. The first-order valence-corrected chi connectivity index (χ1v) is 8.98. The highest BCUT2D eigenvalue weighted by atomic mass is 16.3. The second kappa shape index (κ2) is 10.3. The summed E-state index contributed by atoms with van der Waals surface area (Å²) >= 11 is 0. The number of aliphatic hydroxyl groups is 1. The van der Waals surface area contributed by atoms with Gasteiger partial charge in [-0.25, -0.2) is 0 Å². The van der Waals surface area contributed by atoms with Crippen LogP contribution in [-0.4, -0.2) is 36.1 Å². The lowest BCUT2D eigenvalue weighted by molar-refractivity contribution is -0.131. The van der Waals surface area contributed by atoms with Gasteiger partial charge in [0.2, 0.25) is 5.91 Å². The molecule has 0 saturated heterocycles. The third kappa shape index (κ3) is 10.2. The van der Waals surface area contributed by atoms with Crippen molar-refractivity contribution < 1.29 is 9.90 Å². The van der Waals surface area contributed by atoms with E-state index in [1.807, 2.05) is 11.9 Å². The van der Waals surface area contributed by atoms with Crippen molar-refractivity contribution in [2.45, 2.75) is 86.0 Å². The Morgan fingerprint density at radius 1 is 0.955 bits per heavy atom. The van der Waals surface area contributed by atoms with Crippen molar-refractivity contribution in [3.63, 3.8) is 0 Å². The summed E-state index contributed by atoms with van der Waals surface area (Å²) in [7, 11) is 1.91. The standard InChI is InChI=1S/C19H39NO2/c1-7-8-9-10-11-12-13-17(22)20(6)15-18(2,3)14-19(4,5)16-21/h21H,7-16H2,1-6H3. The van der Waals surface area contributed by atoms with Crippen molar-refractivity contribution in [1.82, 2.24) is 4.90 Å². The monoisotopic (exact) mass is 313 g/mol. The molecule has 0 aliphatic rings. The summed E-state index contributed by atoms with van der Waals surface area (Å²) in [4.78, 5) is 14.1. The van der Waals surface area contributed by atoms with E-state index >= 15 is 0 Å². The van der Waals surface area contributed by atoms with Gasteiger partial charge in [-0.15, -0.1) is 0 Å². The topological polar surface area (TPSA) is 40.5 Å². The zero-order chi connectivity index (χ0) is 17.2. The molecule has 0 aromatic heterocycles. The molecule has 3 heteroatoms. The van der Waals surface area contributed by atoms with Gasteiger partial charge in [0.05, 0.1) is 0 Å². The Balaban J connectivity index is 4.07. The Labute approximate surface area is 138 Å². The van der Waals surface area contributed by atoms with Crippen LogP contribution in [0.2, 0.25) is 0 Å². The molecule has 132 valence electrons. The molecule has 3 nitrogen and oxygen atoms in total. The van der Waals surface area contributed by atoms with Gasteiger partial charge in [-0.1, -0.05) is 66.7 Å². The fourth-order valence-corrected chi connectivity index (χ4v) is 3.38. The van der Waals surface area contributed by atoms with E-state index in [-0.39, 0.29) is 23.3 Å². The average molecular weight is 314 g/mol. The third-order valence-corrected chi connectivity index (χ3v) is 4.22. The van der Waals surface area contributed by atoms with E-state index in [0.29, 0.717) is 6.42 Å². The first kappa shape index (κ1) is 21.4. The summed E-state index contributed by atoms with van der Waals surface area (Å²) in [5, 5.41) is 9.42. The second-order valence-electron chi connectivity index (χ2n) is 8.43. The van der Waals surface area contributed by atoms with Crippen LogP contribution >= 0.6 is 0 Å². The van der Waals surface area contributed by atoms with Crippen LogP contribution in [-0.2, 0) is 4.79 Å². The lowest BCUT2D eigenvalue weighted by Gasteiger charge is -2.36. The predicted molar refractivity (Wildman–Crippen MR) is 94.9 cm³/mol. The Morgan fingerprint density at radius 3 is 2.05 bits per heavy atom. The molecule has 0 aromatic rings. The number of carbonyl (C=O) groups is 1. The van der Waals surface area contributed by atoms with Crippen molar-refractivity contribution in [3.05, 3.63) is 0 Å². The lowest BCUT2D eigenvalue weighted by Crippen LogP contribution is -2.38. The molecule has 0 unspecified atom stereocenters. The normalized spacial score (nSPS) is 12.5. The lowest BCUT2D eigenvalue weighted by atomic mass is 9.75. The van der Waals surface area contributed by atoms with Crippen LogP contribution in [0, 0.1) is 10.8 Å². The van der Waals surface area contributed by atoms with Crippen molar-refractivity contribution in [3.8, 4) is 0 Å². The van der Waals surface area contributed by atoms with Crippen molar-refractivity contribution in [2.24, 2.45) is 10.8 Å². The molecule has 0 rings (SSSR count). The van der Waals surface area contributed by atoms with E-state index in [2.05, 4.69) is 34.6 Å². The smallest absolute Gasteiger partial charge is 0.222 e. The van der Waals surface area contributed by atoms with Crippen LogP contribution in [0.25, 0.3) is 0 Å². The fourth-order valence-electron chi connectivity index (χ4n) is 3.38. The second-order valence-corrected chi connectivity index (χ2v) is 8.43. The molecule has 0 bridgehead atoms. The molecule has 0 fully saturated rings. The van der Waals surface area contributed by atoms with Gasteiger partial charge in [0, 0.05) is 26.6 Å². The Morgan fingerprint density at radius 2 is 1.50 bits per heavy atom. The van der Waals surface area contributed by atoms with E-state index in [0.717, 1.165) is 19.4 Å². The zero-order valence-corrected chi connectivity index (χ0v) is 15.9. The van der Waals surface area contributed by atoms with Crippen LogP contribution in [0.3, 0.4) is 0 Å². The zero-order valence-electron chi connectivity index (χ0n) is 15.9. The van der Waals surface area contributed by atoms with Gasteiger partial charge in [-0.2, -0.15) is 0 Å². The van der Waals surface area contributed by atoms with E-state index in [1.165, 1.54) is 32.1 Å². The molecular weight excluding hydrogens is 274 g/mol. The Bertz CT molecular complexity index is 311. The minimum atomic E-state index is -0.0906. The molecule has 22 heavy (non-hydrogen) atoms. The molecule has 0 aromatic carbocycles. The number of carbonyl (C=O) groups excluding carboxylic acids is 1. The minimum Gasteiger partial charge on any atom is -0.396 e. The summed E-state index contributed by atoms with van der Waals surface area (Å²) in [6.07, 6.45) is 8.87. The first-order valence-electron chi connectivity index (χ1n) is 8.98. The number of hydrogen-bond donors (Lipinski definition) is 1. The summed E-state index contributed by atoms with van der Waals surface area (Å²) in [6, 6.07) is 0. The Hall–Kier alpha value is -0.570. The highest BCUT2D eigenvalue weighted by molar-refractivity contribution is 5.75. The number of unbranched alkanes of at least 4 members (excludes halogenated alkanes) is 5. The van der Waals surface area contributed by atoms with E-state index in [1.54, 1.807) is 0 Å². The maximum atomic E-state index is 12.2. The van der Waals surface area contributed by atoms with Gasteiger partial charge < -0.3 is 10.0 Å². The molecule has 0 heterocycles. The van der Waals surface area contributed by atoms with Crippen LogP contribution < -0.4 is 0 Å². The molecular formula is C19H39NO2. The van der Waals surface area contributed by atoms with E-state index in [4.69, 9.17) is 0 Å². The van der Waals surface area contributed by atoms with Gasteiger partial charge >= 0.3 is 0 Å². The SMILES string of the molecule is CCCCCCCCC(=O)N(C)CC(C)(C)CC(C)(C)CO. The molecule has 0 aliphatic carbocycles. The van der Waals surface area contributed by atoms with Crippen LogP contribution in [0.5, 0.6) is 0 Å². The van der Waals surface area contributed by atoms with Crippen LogP contribution in [0.4, 0.5) is 0 Å². The molecule has 0 spiro atoms. The number of aliphatic hydroxyl groups excluding tert-OH is 1. The number of rotatable bonds is 12. The number of hydrogen-bond acceptors (Lipinski definition) is 2. The number of nitrogens with zero attached hydrogens (tertiary/aromatic N) is 1. The third-order valence-electron chi connectivity index (χ3n) is 4.22. The number of amides is 1. The van der Waals surface area contributed by atoms with Crippen molar-refractivity contribution in [2.75, 3.05) is 20.2 Å². The van der Waals surface area contributed by atoms with E-state index in [9.17, 15) is 9.90 Å². The maximum absolute atomic E-state index is 12.2. The quantitative estimate of drug-likeness (QED) is 0.534. The average Bonchev–Trinajstić information content (AvgIpc) is 2.40. The summed E-state index contributed by atoms with van der Waals surface area (Å²) in [5.74, 6) is 0.255. The van der Waals surface area contributed by atoms with Crippen molar-refractivity contribution >= 4 is 5.91 Å². The molecule has 0 radical (unpaired) electrons. The molecule has 0 atom stereocenters. The van der Waals surface area contributed by atoms with Crippen molar-refractivity contribution in [1.29, 1.82) is 0 Å². The molecule has 0 aliphatic heterocycles. The van der Waals surface area contributed by atoms with Gasteiger partial charge in [0.15, 0.2) is 0 Å². The molecule has 1 N–H and O–H groups in total. The van der Waals surface area contributed by atoms with Crippen LogP contribution in [0.15, 0.2) is 0 Å².